The van der Waals surface area contributed by atoms with Crippen molar-refractivity contribution in [2.24, 2.45) is 23.7 Å². The Labute approximate surface area is 248 Å². The minimum Gasteiger partial charge on any atom is -0.392 e. The molecule has 6 aliphatic rings. The fourth-order valence-electron chi connectivity index (χ4n) is 8.95. The molecule has 4 aliphatic carbocycles. The molecular weight excluding hydrogens is 530 g/mol. The van der Waals surface area contributed by atoms with Gasteiger partial charge in [-0.15, -0.1) is 0 Å². The van der Waals surface area contributed by atoms with Crippen LogP contribution in [0.2, 0.25) is 0 Å². The maximum absolute atomic E-state index is 13.1. The van der Waals surface area contributed by atoms with Gasteiger partial charge in [-0.1, -0.05) is 43.3 Å². The van der Waals surface area contributed by atoms with Gasteiger partial charge in [0.2, 0.25) is 0 Å². The van der Waals surface area contributed by atoms with E-state index in [0.29, 0.717) is 6.54 Å². The van der Waals surface area contributed by atoms with E-state index in [4.69, 9.17) is 9.47 Å². The van der Waals surface area contributed by atoms with Crippen LogP contribution in [0.1, 0.15) is 81.0 Å². The van der Waals surface area contributed by atoms with Crippen LogP contribution in [0.25, 0.3) is 0 Å². The van der Waals surface area contributed by atoms with Crippen molar-refractivity contribution in [3.63, 3.8) is 0 Å². The highest BCUT2D eigenvalue weighted by Crippen LogP contribution is 2.55. The molecule has 0 unspecified atom stereocenters. The zero-order valence-electron chi connectivity index (χ0n) is 24.6. The van der Waals surface area contributed by atoms with E-state index in [-0.39, 0.29) is 42.4 Å². The van der Waals surface area contributed by atoms with Crippen LogP contribution in [0.15, 0.2) is 48.5 Å². The SMILES string of the molecule is C[C@@H]1[C@H](CN2CC[C@H](O)C2)O[C@H](c2ccc(NC(=O)NC34CC5CC(CC(C5)C3)C4)cc2)O[C@@H]1c1ccc(CO)cc1. The number of aliphatic hydroxyl groups is 2. The van der Waals surface area contributed by atoms with Gasteiger partial charge in [-0.05, 0) is 86.0 Å². The molecule has 0 radical (unpaired) electrons. The smallest absolute Gasteiger partial charge is 0.319 e. The first-order valence-electron chi connectivity index (χ1n) is 15.9. The molecule has 0 aromatic heterocycles. The van der Waals surface area contributed by atoms with Gasteiger partial charge < -0.3 is 30.3 Å². The van der Waals surface area contributed by atoms with E-state index >= 15 is 0 Å². The summed E-state index contributed by atoms with van der Waals surface area (Å²) >= 11 is 0. The number of nitrogens with one attached hydrogen (secondary N) is 2. The Hall–Kier alpha value is -2.49. The van der Waals surface area contributed by atoms with Gasteiger partial charge in [-0.25, -0.2) is 4.79 Å². The molecule has 2 aromatic carbocycles. The van der Waals surface area contributed by atoms with Crippen molar-refractivity contribution in [1.29, 1.82) is 0 Å². The van der Waals surface area contributed by atoms with E-state index in [9.17, 15) is 15.0 Å². The highest BCUT2D eigenvalue weighted by atomic mass is 16.7. The fraction of sp³-hybridized carbons (Fsp3) is 0.618. The Morgan fingerprint density at radius 2 is 1.60 bits per heavy atom. The normalized spacial score (nSPS) is 37.6. The van der Waals surface area contributed by atoms with Crippen molar-refractivity contribution in [2.75, 3.05) is 25.0 Å². The fourth-order valence-corrected chi connectivity index (χ4v) is 8.95. The molecule has 8 nitrogen and oxygen atoms in total. The number of amides is 2. The van der Waals surface area contributed by atoms with Gasteiger partial charge >= 0.3 is 6.03 Å². The van der Waals surface area contributed by atoms with Gasteiger partial charge in [0.25, 0.3) is 0 Å². The van der Waals surface area contributed by atoms with Crippen molar-refractivity contribution in [2.45, 2.75) is 88.6 Å². The summed E-state index contributed by atoms with van der Waals surface area (Å²) in [4.78, 5) is 15.4. The van der Waals surface area contributed by atoms with Crippen LogP contribution in [0, 0.1) is 23.7 Å². The van der Waals surface area contributed by atoms with Crippen LogP contribution in [-0.2, 0) is 16.1 Å². The summed E-state index contributed by atoms with van der Waals surface area (Å²) < 4.78 is 13.2. The number of likely N-dealkylation sites (tertiary alicyclic amines) is 1. The summed E-state index contributed by atoms with van der Waals surface area (Å²) in [7, 11) is 0. The van der Waals surface area contributed by atoms with Gasteiger partial charge in [0, 0.05) is 42.3 Å². The third-order valence-corrected chi connectivity index (χ3v) is 10.7. The van der Waals surface area contributed by atoms with Crippen LogP contribution < -0.4 is 10.6 Å². The molecule has 2 aliphatic heterocycles. The van der Waals surface area contributed by atoms with Crippen molar-refractivity contribution in [3.05, 3.63) is 65.2 Å². The maximum atomic E-state index is 13.1. The lowest BCUT2D eigenvalue weighted by Crippen LogP contribution is -2.60. The Balaban J connectivity index is 1.04. The second-order valence-electron chi connectivity index (χ2n) is 13.9. The lowest BCUT2D eigenvalue weighted by molar-refractivity contribution is -0.276. The predicted octanol–water partition coefficient (Wildman–Crippen LogP) is 5.13. The topological polar surface area (TPSA) is 103 Å². The molecule has 0 spiro atoms. The van der Waals surface area contributed by atoms with Crippen LogP contribution in [0.5, 0.6) is 0 Å². The summed E-state index contributed by atoms with van der Waals surface area (Å²) in [6.45, 7) is 4.43. The monoisotopic (exact) mass is 575 g/mol. The molecule has 2 saturated heterocycles. The number of carbonyl (C=O) groups is 1. The van der Waals surface area contributed by atoms with Crippen LogP contribution in [0.3, 0.4) is 0 Å². The largest absolute Gasteiger partial charge is 0.392 e. The number of hydrogen-bond acceptors (Lipinski definition) is 6. The highest BCUT2D eigenvalue weighted by Gasteiger charge is 2.51. The molecule has 6 fully saturated rings. The third-order valence-electron chi connectivity index (χ3n) is 10.7. The molecule has 226 valence electrons. The number of hydrogen-bond donors (Lipinski definition) is 4. The number of benzene rings is 2. The van der Waals surface area contributed by atoms with E-state index in [2.05, 4.69) is 22.5 Å². The number of rotatable bonds is 7. The van der Waals surface area contributed by atoms with E-state index < -0.39 is 6.29 Å². The Kier molecular flexibility index (Phi) is 7.78. The third kappa shape index (κ3) is 5.84. The summed E-state index contributed by atoms with van der Waals surface area (Å²) in [6, 6.07) is 15.6. The minimum absolute atomic E-state index is 0.00789. The van der Waals surface area contributed by atoms with Gasteiger partial charge in [0.1, 0.15) is 0 Å². The average molecular weight is 576 g/mol. The highest BCUT2D eigenvalue weighted by molar-refractivity contribution is 5.89. The zero-order valence-corrected chi connectivity index (χ0v) is 24.6. The Morgan fingerprint density at radius 1 is 0.952 bits per heavy atom. The van der Waals surface area contributed by atoms with Gasteiger partial charge in [0.15, 0.2) is 6.29 Å². The second kappa shape index (κ2) is 11.5. The maximum Gasteiger partial charge on any atom is 0.319 e. The van der Waals surface area contributed by atoms with Crippen LogP contribution in [0.4, 0.5) is 10.5 Å². The molecule has 2 heterocycles. The summed E-state index contributed by atoms with van der Waals surface area (Å²) in [5, 5.41) is 26.1. The summed E-state index contributed by atoms with van der Waals surface area (Å²) in [6.07, 6.45) is 7.12. The molecule has 8 rings (SSSR count). The predicted molar refractivity (Wildman–Crippen MR) is 160 cm³/mol. The first-order valence-corrected chi connectivity index (χ1v) is 15.9. The van der Waals surface area contributed by atoms with E-state index in [1.807, 2.05) is 48.5 Å². The Bertz CT molecular complexity index is 1220. The molecule has 5 atom stereocenters. The van der Waals surface area contributed by atoms with Gasteiger partial charge in [0.05, 0.1) is 24.9 Å². The first kappa shape index (κ1) is 28.3. The molecule has 4 saturated carbocycles. The quantitative estimate of drug-likeness (QED) is 0.365. The van der Waals surface area contributed by atoms with E-state index in [0.717, 1.165) is 78.9 Å². The Morgan fingerprint density at radius 3 is 2.19 bits per heavy atom. The number of ether oxygens (including phenoxy) is 2. The molecular formula is C34H45N3O5. The number of carbonyl (C=O) groups excluding carboxylic acids is 1. The van der Waals surface area contributed by atoms with E-state index in [1.165, 1.54) is 19.3 Å². The molecule has 2 aromatic rings. The molecule has 4 N–H and O–H groups in total. The number of urea groups is 1. The first-order chi connectivity index (χ1) is 20.3. The standard InChI is InChI=1S/C34H45N3O5/c1-21-30(19-37-11-10-29(39)18-37)41-32(42-31(21)26-4-2-22(20-38)3-5-26)27-6-8-28(9-7-27)35-33(40)36-34-15-23-12-24(16-34)14-25(13-23)17-34/h2-9,21,23-25,29-32,38-39H,10-20H2,1H3,(H2,35,36,40)/t21-,23?,24?,25?,29+,30+,31+,32+,34?/m1/s1. The van der Waals surface area contributed by atoms with Gasteiger partial charge in [-0.3, -0.25) is 4.90 Å². The van der Waals surface area contributed by atoms with Crippen LogP contribution in [-0.4, -0.2) is 58.5 Å². The lowest BCUT2D eigenvalue weighted by Gasteiger charge is -2.56. The van der Waals surface area contributed by atoms with E-state index in [1.54, 1.807) is 0 Å². The zero-order chi connectivity index (χ0) is 28.8. The number of β-amino-alcohol motifs (C(OH)–C–C–N with tert-alkyl or cyclic N) is 1. The second-order valence-corrected chi connectivity index (χ2v) is 13.9. The number of nitrogens with zero attached hydrogens (tertiary/aromatic N) is 1. The van der Waals surface area contributed by atoms with Crippen molar-refractivity contribution in [1.82, 2.24) is 10.2 Å². The van der Waals surface area contributed by atoms with Crippen molar-refractivity contribution >= 4 is 11.7 Å². The summed E-state index contributed by atoms with van der Waals surface area (Å²) in [5.74, 6) is 2.44. The van der Waals surface area contributed by atoms with Crippen LogP contribution >= 0.6 is 0 Å². The number of anilines is 1. The minimum atomic E-state index is -0.559. The molecule has 4 bridgehead atoms. The lowest BCUT2D eigenvalue weighted by atomic mass is 9.53. The van der Waals surface area contributed by atoms with Gasteiger partial charge in [-0.2, -0.15) is 0 Å². The molecule has 8 heteroatoms. The average Bonchev–Trinajstić information content (AvgIpc) is 3.38. The molecule has 42 heavy (non-hydrogen) atoms. The van der Waals surface area contributed by atoms with Crippen molar-refractivity contribution in [3.8, 4) is 0 Å². The number of aliphatic hydroxyl groups excluding tert-OH is 2. The molecule has 2 amide bonds. The summed E-state index contributed by atoms with van der Waals surface area (Å²) in [5.41, 5.74) is 3.55. The van der Waals surface area contributed by atoms with Crippen molar-refractivity contribution < 1.29 is 24.5 Å².